The summed E-state index contributed by atoms with van der Waals surface area (Å²) in [5, 5.41) is 29.1. The molecule has 0 radical (unpaired) electrons. The number of nitrogens with zero attached hydrogens (tertiary/aromatic N) is 4. The smallest absolute Gasteiger partial charge is 0.318 e. The summed E-state index contributed by atoms with van der Waals surface area (Å²) >= 11 is 0. The van der Waals surface area contributed by atoms with Crippen molar-refractivity contribution in [2.75, 3.05) is 20.1 Å². The van der Waals surface area contributed by atoms with Gasteiger partial charge in [0.1, 0.15) is 6.04 Å². The molecule has 12 nitrogen and oxygen atoms in total. The number of nitrogens with one attached hydrogen (secondary N) is 2. The second-order valence-corrected chi connectivity index (χ2v) is 14.2. The van der Waals surface area contributed by atoms with Crippen LogP contribution in [-0.2, 0) is 27.8 Å². The van der Waals surface area contributed by atoms with Gasteiger partial charge >= 0.3 is 6.03 Å². The highest BCUT2D eigenvalue weighted by molar-refractivity contribution is 7.89. The number of aliphatic hydroxyl groups is 1. The molecule has 0 fully saturated rings. The van der Waals surface area contributed by atoms with Crippen LogP contribution in [0.25, 0.3) is 0 Å². The molecule has 13 heteroatoms. The van der Waals surface area contributed by atoms with Gasteiger partial charge in [-0.15, -0.1) is 0 Å². The Kier molecular flexibility index (Phi) is 13.9. The fourth-order valence-corrected chi connectivity index (χ4v) is 6.59. The molecule has 3 amide bonds. The number of pyridine rings is 1. The molecule has 3 rings (SSSR count). The Hall–Kier alpha value is -4.33. The minimum atomic E-state index is -4.05. The molecule has 2 aromatic carbocycles. The number of aromatic nitrogens is 1. The Labute approximate surface area is 277 Å². The summed E-state index contributed by atoms with van der Waals surface area (Å²) in [6.07, 6.45) is 1.75. The number of hydrogen-bond donors (Lipinski definition) is 4. The first-order chi connectivity index (χ1) is 22.3. The van der Waals surface area contributed by atoms with E-state index in [-0.39, 0.29) is 42.8 Å². The van der Waals surface area contributed by atoms with E-state index >= 15 is 0 Å². The number of benzene rings is 2. The molecule has 0 aliphatic rings. The average Bonchev–Trinajstić information content (AvgIpc) is 3.03. The molecule has 0 saturated heterocycles. The Bertz CT molecular complexity index is 1550. The quantitative estimate of drug-likeness (QED) is 0.103. The fourth-order valence-electron chi connectivity index (χ4n) is 4.96. The maximum absolute atomic E-state index is 13.8. The minimum absolute atomic E-state index is 0.0153. The lowest BCUT2D eigenvalue weighted by atomic mass is 9.98. The highest BCUT2D eigenvalue weighted by Crippen LogP contribution is 2.20. The van der Waals surface area contributed by atoms with Gasteiger partial charge in [0.15, 0.2) is 0 Å². The third-order valence-electron chi connectivity index (χ3n) is 7.47. The highest BCUT2D eigenvalue weighted by Gasteiger charge is 2.33. The molecule has 0 spiro atoms. The van der Waals surface area contributed by atoms with Gasteiger partial charge in [0, 0.05) is 26.3 Å². The first kappa shape index (κ1) is 37.1. The van der Waals surface area contributed by atoms with E-state index < -0.39 is 40.1 Å². The number of sulfonamides is 1. The maximum Gasteiger partial charge on any atom is 0.318 e. The Morgan fingerprint density at radius 1 is 0.936 bits per heavy atom. The maximum atomic E-state index is 13.8. The van der Waals surface area contributed by atoms with Crippen molar-refractivity contribution in [3.63, 3.8) is 0 Å². The topological polar surface area (TPSA) is 165 Å². The number of hydrogen-bond acceptors (Lipinski definition) is 8. The van der Waals surface area contributed by atoms with E-state index in [1.807, 2.05) is 50.2 Å². The third-order valence-corrected chi connectivity index (χ3v) is 9.32. The summed E-state index contributed by atoms with van der Waals surface area (Å²) in [6, 6.07) is 18.3. The summed E-state index contributed by atoms with van der Waals surface area (Å²) in [5.74, 6) is -0.865. The second-order valence-electron chi connectivity index (χ2n) is 12.2. The summed E-state index contributed by atoms with van der Waals surface area (Å²) in [4.78, 5) is 32.5. The molecule has 0 aliphatic heterocycles. The largest absolute Gasteiger partial charge is 0.411 e. The van der Waals surface area contributed by atoms with Crippen LogP contribution in [0.4, 0.5) is 4.79 Å². The Balaban J connectivity index is 1.84. The van der Waals surface area contributed by atoms with Gasteiger partial charge in [-0.2, -0.15) is 4.31 Å². The van der Waals surface area contributed by atoms with Crippen molar-refractivity contribution in [1.82, 2.24) is 24.8 Å². The predicted molar refractivity (Wildman–Crippen MR) is 180 cm³/mol. The molecule has 1 aromatic heterocycles. The van der Waals surface area contributed by atoms with Crippen LogP contribution in [0.3, 0.4) is 0 Å². The van der Waals surface area contributed by atoms with E-state index in [0.717, 1.165) is 5.56 Å². The van der Waals surface area contributed by atoms with E-state index in [1.165, 1.54) is 39.7 Å². The molecule has 0 saturated carbocycles. The molecule has 4 N–H and O–H groups in total. The van der Waals surface area contributed by atoms with Crippen molar-refractivity contribution in [2.45, 2.75) is 63.7 Å². The first-order valence-electron chi connectivity index (χ1n) is 15.5. The van der Waals surface area contributed by atoms with Gasteiger partial charge in [0.2, 0.25) is 15.9 Å². The van der Waals surface area contributed by atoms with Gasteiger partial charge < -0.3 is 25.8 Å². The van der Waals surface area contributed by atoms with Crippen LogP contribution < -0.4 is 10.6 Å². The van der Waals surface area contributed by atoms with Gasteiger partial charge in [0.05, 0.1) is 35.5 Å². The van der Waals surface area contributed by atoms with Crippen LogP contribution in [0.2, 0.25) is 0 Å². The molecule has 0 bridgehead atoms. The molecule has 47 heavy (non-hydrogen) atoms. The molecule has 0 aliphatic carbocycles. The molecule has 0 unspecified atom stereocenters. The standard InChI is InChI=1S/C34H46N6O6S/c1-24(2)21-40(47(45,46)29-16-14-27(15-17-29)20-36-44)23-31(41)30(19-26-11-7-6-8-12-26)37-33(42)32(25(3)4)38-34(43)39(5)22-28-13-9-10-18-35-28/h6-18,20,24-25,30-32,41,44H,19,21-23H2,1-5H3,(H,37,42)(H,38,43)/t30-,31-,32-/m0/s1. The predicted octanol–water partition coefficient (Wildman–Crippen LogP) is 3.49. The van der Waals surface area contributed by atoms with Gasteiger partial charge in [-0.1, -0.05) is 81.4 Å². The van der Waals surface area contributed by atoms with E-state index in [2.05, 4.69) is 20.8 Å². The summed E-state index contributed by atoms with van der Waals surface area (Å²) in [6.45, 7) is 7.44. The molecular formula is C34H46N6O6S. The fraction of sp³-hybridized carbons (Fsp3) is 0.412. The van der Waals surface area contributed by atoms with Crippen molar-refractivity contribution in [3.8, 4) is 0 Å². The van der Waals surface area contributed by atoms with Crippen LogP contribution in [0.1, 0.15) is 44.5 Å². The number of carbonyl (C=O) groups is 2. The first-order valence-corrected chi connectivity index (χ1v) is 17.0. The lowest BCUT2D eigenvalue weighted by Gasteiger charge is -2.32. The van der Waals surface area contributed by atoms with Gasteiger partial charge in [0.25, 0.3) is 0 Å². The summed E-state index contributed by atoms with van der Waals surface area (Å²) < 4.78 is 28.8. The van der Waals surface area contributed by atoms with Gasteiger partial charge in [-0.25, -0.2) is 13.2 Å². The number of rotatable bonds is 16. The molecule has 3 atom stereocenters. The van der Waals surface area contributed by atoms with Crippen LogP contribution in [0.5, 0.6) is 0 Å². The Morgan fingerprint density at radius 3 is 2.17 bits per heavy atom. The zero-order chi connectivity index (χ0) is 34.6. The van der Waals surface area contributed by atoms with E-state index in [9.17, 15) is 23.1 Å². The molecule has 1 heterocycles. The number of amides is 3. The number of oxime groups is 1. The number of urea groups is 1. The minimum Gasteiger partial charge on any atom is -0.411 e. The molecular weight excluding hydrogens is 620 g/mol. The molecule has 254 valence electrons. The molecule has 3 aromatic rings. The zero-order valence-electron chi connectivity index (χ0n) is 27.5. The number of aliphatic hydroxyl groups excluding tert-OH is 1. The van der Waals surface area contributed by atoms with Crippen molar-refractivity contribution in [3.05, 3.63) is 95.8 Å². The lowest BCUT2D eigenvalue weighted by Crippen LogP contribution is -2.58. The lowest BCUT2D eigenvalue weighted by molar-refractivity contribution is -0.125. The normalized spacial score (nSPS) is 13.9. The zero-order valence-corrected chi connectivity index (χ0v) is 28.3. The van der Waals surface area contributed by atoms with Crippen molar-refractivity contribution in [1.29, 1.82) is 0 Å². The van der Waals surface area contributed by atoms with Crippen LogP contribution in [0.15, 0.2) is 89.0 Å². The van der Waals surface area contributed by atoms with E-state index in [0.29, 0.717) is 11.3 Å². The van der Waals surface area contributed by atoms with Crippen molar-refractivity contribution >= 4 is 28.2 Å². The van der Waals surface area contributed by atoms with Crippen LogP contribution >= 0.6 is 0 Å². The van der Waals surface area contributed by atoms with E-state index in [4.69, 9.17) is 5.21 Å². The SMILES string of the molecule is CC(C)CN(C[C@H](O)[C@H](Cc1ccccc1)NC(=O)[C@@H](NC(=O)N(C)Cc1ccccn1)C(C)C)S(=O)(=O)c1ccc(C=NO)cc1. The van der Waals surface area contributed by atoms with Crippen molar-refractivity contribution < 1.29 is 28.3 Å². The van der Waals surface area contributed by atoms with Crippen LogP contribution in [-0.4, -0.2) is 89.4 Å². The summed E-state index contributed by atoms with van der Waals surface area (Å²) in [5.41, 5.74) is 2.04. The third kappa shape index (κ3) is 11.2. The van der Waals surface area contributed by atoms with Crippen LogP contribution in [0, 0.1) is 11.8 Å². The second kappa shape index (κ2) is 17.5. The summed E-state index contributed by atoms with van der Waals surface area (Å²) in [7, 11) is -2.44. The Morgan fingerprint density at radius 2 is 1.60 bits per heavy atom. The van der Waals surface area contributed by atoms with Gasteiger partial charge in [-0.05, 0) is 53.6 Å². The number of carbonyl (C=O) groups excluding carboxylic acids is 2. The average molecular weight is 667 g/mol. The monoisotopic (exact) mass is 666 g/mol. The van der Waals surface area contributed by atoms with Gasteiger partial charge in [-0.3, -0.25) is 9.78 Å². The van der Waals surface area contributed by atoms with Crippen molar-refractivity contribution in [2.24, 2.45) is 17.0 Å². The highest BCUT2D eigenvalue weighted by atomic mass is 32.2. The van der Waals surface area contributed by atoms with E-state index in [1.54, 1.807) is 39.2 Å².